The first-order valence-electron chi connectivity index (χ1n) is 5.16. The molecule has 0 unspecified atom stereocenters. The maximum atomic E-state index is 12.9. The van der Waals surface area contributed by atoms with Crippen molar-refractivity contribution in [2.24, 2.45) is 0 Å². The van der Waals surface area contributed by atoms with Crippen LogP contribution in [0.15, 0.2) is 30.5 Å². The Morgan fingerprint density at radius 2 is 2.19 bits per heavy atom. The van der Waals surface area contributed by atoms with Gasteiger partial charge in [-0.3, -0.25) is 0 Å². The summed E-state index contributed by atoms with van der Waals surface area (Å²) in [5.74, 6) is -0.219. The zero-order valence-electron chi connectivity index (χ0n) is 9.37. The molecule has 0 bridgehead atoms. The molecule has 0 atom stereocenters. The molecule has 0 aliphatic rings. The van der Waals surface area contributed by atoms with Crippen LogP contribution in [0.5, 0.6) is 0 Å². The lowest BCUT2D eigenvalue weighted by Gasteiger charge is -2.05. The Kier molecular flexibility index (Phi) is 3.01. The highest BCUT2D eigenvalue weighted by atomic mass is 19.1. The molecule has 0 aliphatic carbocycles. The first kappa shape index (κ1) is 10.8. The van der Waals surface area contributed by atoms with E-state index < -0.39 is 0 Å². The van der Waals surface area contributed by atoms with Gasteiger partial charge in [-0.1, -0.05) is 0 Å². The lowest BCUT2D eigenvalue weighted by Crippen LogP contribution is -2.06. The normalized spacial score (nSPS) is 10.7. The summed E-state index contributed by atoms with van der Waals surface area (Å²) in [4.78, 5) is 0. The van der Waals surface area contributed by atoms with Crippen LogP contribution in [-0.4, -0.2) is 16.8 Å². The topological polar surface area (TPSA) is 29.9 Å². The molecule has 16 heavy (non-hydrogen) atoms. The number of hydrogen-bond acceptors (Lipinski definition) is 2. The minimum Gasteiger partial charge on any atom is -0.314 e. The summed E-state index contributed by atoms with van der Waals surface area (Å²) in [6, 6.07) is 6.64. The van der Waals surface area contributed by atoms with E-state index in [1.54, 1.807) is 10.7 Å². The van der Waals surface area contributed by atoms with Crippen molar-refractivity contribution < 1.29 is 4.39 Å². The van der Waals surface area contributed by atoms with E-state index in [0.29, 0.717) is 0 Å². The van der Waals surface area contributed by atoms with Gasteiger partial charge in [-0.2, -0.15) is 5.10 Å². The van der Waals surface area contributed by atoms with E-state index in [1.807, 2.05) is 26.2 Å². The fourth-order valence-electron chi connectivity index (χ4n) is 1.65. The van der Waals surface area contributed by atoms with Gasteiger partial charge in [-0.15, -0.1) is 0 Å². The van der Waals surface area contributed by atoms with Crippen molar-refractivity contribution in [3.8, 4) is 5.69 Å². The van der Waals surface area contributed by atoms with Gasteiger partial charge in [0.15, 0.2) is 0 Å². The molecule has 1 aromatic heterocycles. The third kappa shape index (κ3) is 2.12. The van der Waals surface area contributed by atoms with Crippen LogP contribution in [0.25, 0.3) is 5.69 Å². The van der Waals surface area contributed by atoms with Crippen molar-refractivity contribution >= 4 is 0 Å². The molecule has 2 aromatic rings. The van der Waals surface area contributed by atoms with Gasteiger partial charge in [0.25, 0.3) is 0 Å². The van der Waals surface area contributed by atoms with Crippen molar-refractivity contribution in [1.29, 1.82) is 0 Å². The van der Waals surface area contributed by atoms with Gasteiger partial charge in [-0.05, 0) is 43.8 Å². The zero-order valence-corrected chi connectivity index (χ0v) is 9.37. The van der Waals surface area contributed by atoms with Crippen molar-refractivity contribution in [3.63, 3.8) is 0 Å². The van der Waals surface area contributed by atoms with Gasteiger partial charge in [0.05, 0.1) is 11.4 Å². The third-order valence-electron chi connectivity index (χ3n) is 2.41. The fourth-order valence-corrected chi connectivity index (χ4v) is 1.65. The van der Waals surface area contributed by atoms with Crippen molar-refractivity contribution in [3.05, 3.63) is 47.5 Å². The lowest BCUT2D eigenvalue weighted by atomic mass is 10.2. The van der Waals surface area contributed by atoms with Gasteiger partial charge in [-0.25, -0.2) is 9.07 Å². The minimum atomic E-state index is -0.219. The van der Waals surface area contributed by atoms with Crippen LogP contribution in [-0.2, 0) is 6.54 Å². The molecule has 4 heteroatoms. The average Bonchev–Trinajstić information content (AvgIpc) is 2.67. The monoisotopic (exact) mass is 219 g/mol. The molecule has 0 saturated heterocycles. The molecule has 0 fully saturated rings. The number of halogens is 1. The Labute approximate surface area is 93.9 Å². The molecule has 0 radical (unpaired) electrons. The van der Waals surface area contributed by atoms with Crippen LogP contribution in [0.3, 0.4) is 0 Å². The minimum absolute atomic E-state index is 0.219. The Bertz CT molecular complexity index is 491. The van der Waals surface area contributed by atoms with Gasteiger partial charge in [0.1, 0.15) is 5.82 Å². The van der Waals surface area contributed by atoms with Crippen LogP contribution in [0.2, 0.25) is 0 Å². The summed E-state index contributed by atoms with van der Waals surface area (Å²) in [6.45, 7) is 2.60. The van der Waals surface area contributed by atoms with E-state index in [1.165, 1.54) is 12.1 Å². The van der Waals surface area contributed by atoms with E-state index in [4.69, 9.17) is 0 Å². The number of nitrogens with zero attached hydrogens (tertiary/aromatic N) is 2. The standard InChI is InChI=1S/C12H14FN3/c1-9-7-10(13)3-4-12(9)16-6-5-11(15-16)8-14-2/h3-7,14H,8H2,1-2H3. The summed E-state index contributed by atoms with van der Waals surface area (Å²) < 4.78 is 14.7. The molecule has 84 valence electrons. The largest absolute Gasteiger partial charge is 0.314 e. The molecular weight excluding hydrogens is 205 g/mol. The van der Waals surface area contributed by atoms with Crippen LogP contribution < -0.4 is 5.32 Å². The molecule has 1 heterocycles. The number of nitrogens with one attached hydrogen (secondary N) is 1. The van der Waals surface area contributed by atoms with E-state index in [9.17, 15) is 4.39 Å². The van der Waals surface area contributed by atoms with Gasteiger partial charge in [0.2, 0.25) is 0 Å². The second-order valence-corrected chi connectivity index (χ2v) is 3.71. The summed E-state index contributed by atoms with van der Waals surface area (Å²) in [7, 11) is 1.88. The van der Waals surface area contributed by atoms with Crippen molar-refractivity contribution in [2.75, 3.05) is 7.05 Å². The lowest BCUT2D eigenvalue weighted by molar-refractivity contribution is 0.625. The Morgan fingerprint density at radius 3 is 2.88 bits per heavy atom. The number of benzene rings is 1. The molecule has 0 saturated carbocycles. The average molecular weight is 219 g/mol. The van der Waals surface area contributed by atoms with Gasteiger partial charge in [0, 0.05) is 12.7 Å². The van der Waals surface area contributed by atoms with Crippen LogP contribution >= 0.6 is 0 Å². The summed E-state index contributed by atoms with van der Waals surface area (Å²) in [5.41, 5.74) is 2.74. The molecule has 0 amide bonds. The number of aromatic nitrogens is 2. The predicted octanol–water partition coefficient (Wildman–Crippen LogP) is 2.04. The Balaban J connectivity index is 2.35. The number of aryl methyl sites for hydroxylation is 1. The Morgan fingerprint density at radius 1 is 1.38 bits per heavy atom. The predicted molar refractivity (Wildman–Crippen MR) is 61.0 cm³/mol. The summed E-state index contributed by atoms with van der Waals surface area (Å²) >= 11 is 0. The first-order valence-corrected chi connectivity index (χ1v) is 5.16. The highest BCUT2D eigenvalue weighted by Crippen LogP contribution is 2.14. The van der Waals surface area contributed by atoms with Crippen molar-refractivity contribution in [2.45, 2.75) is 13.5 Å². The second-order valence-electron chi connectivity index (χ2n) is 3.71. The summed E-state index contributed by atoms with van der Waals surface area (Å²) in [5, 5.41) is 7.43. The Hall–Kier alpha value is -1.68. The fraction of sp³-hybridized carbons (Fsp3) is 0.250. The van der Waals surface area contributed by atoms with E-state index in [-0.39, 0.29) is 5.82 Å². The summed E-state index contributed by atoms with van der Waals surface area (Å²) in [6.07, 6.45) is 1.88. The van der Waals surface area contributed by atoms with E-state index in [0.717, 1.165) is 23.5 Å². The second kappa shape index (κ2) is 4.45. The highest BCUT2D eigenvalue weighted by molar-refractivity contribution is 5.39. The zero-order chi connectivity index (χ0) is 11.5. The molecule has 2 rings (SSSR count). The first-order chi connectivity index (χ1) is 7.70. The molecule has 1 N–H and O–H groups in total. The van der Waals surface area contributed by atoms with Gasteiger partial charge >= 0.3 is 0 Å². The maximum absolute atomic E-state index is 12.9. The van der Waals surface area contributed by atoms with E-state index >= 15 is 0 Å². The van der Waals surface area contributed by atoms with Crippen LogP contribution in [0.4, 0.5) is 4.39 Å². The van der Waals surface area contributed by atoms with Crippen LogP contribution in [0, 0.1) is 12.7 Å². The maximum Gasteiger partial charge on any atom is 0.123 e. The molecule has 0 spiro atoms. The molecule has 0 aliphatic heterocycles. The molecule has 3 nitrogen and oxygen atoms in total. The molecule has 1 aromatic carbocycles. The van der Waals surface area contributed by atoms with Crippen molar-refractivity contribution in [1.82, 2.24) is 15.1 Å². The molecular formula is C12H14FN3. The van der Waals surface area contributed by atoms with E-state index in [2.05, 4.69) is 10.4 Å². The number of hydrogen-bond donors (Lipinski definition) is 1. The van der Waals surface area contributed by atoms with Crippen LogP contribution in [0.1, 0.15) is 11.3 Å². The third-order valence-corrected chi connectivity index (χ3v) is 2.41. The highest BCUT2D eigenvalue weighted by Gasteiger charge is 2.04. The number of rotatable bonds is 3. The quantitative estimate of drug-likeness (QED) is 0.856. The van der Waals surface area contributed by atoms with Gasteiger partial charge < -0.3 is 5.32 Å². The SMILES string of the molecule is CNCc1ccn(-c2ccc(F)cc2C)n1. The smallest absolute Gasteiger partial charge is 0.123 e.